The van der Waals surface area contributed by atoms with Gasteiger partial charge in [0.1, 0.15) is 6.04 Å². The number of aryl methyl sites for hydroxylation is 1. The minimum absolute atomic E-state index is 0.490. The van der Waals surface area contributed by atoms with Crippen LogP contribution in [0.5, 0.6) is 0 Å². The number of carboxylic acids is 1. The average molecular weight is 246 g/mol. The van der Waals surface area contributed by atoms with Crippen molar-refractivity contribution in [3.8, 4) is 0 Å². The molecular formula is C14H18N2O2. The highest BCUT2D eigenvalue weighted by molar-refractivity contribution is 5.85. The van der Waals surface area contributed by atoms with E-state index in [-0.39, 0.29) is 0 Å². The molecule has 1 aromatic carbocycles. The van der Waals surface area contributed by atoms with Crippen LogP contribution in [0.4, 0.5) is 0 Å². The summed E-state index contributed by atoms with van der Waals surface area (Å²) in [5, 5.41) is 10.4. The van der Waals surface area contributed by atoms with E-state index in [1.54, 1.807) is 19.0 Å². The molecular weight excluding hydrogens is 228 g/mol. The molecule has 96 valence electrons. The van der Waals surface area contributed by atoms with E-state index in [0.29, 0.717) is 6.42 Å². The molecule has 1 aromatic heterocycles. The third-order valence-electron chi connectivity index (χ3n) is 3.30. The summed E-state index contributed by atoms with van der Waals surface area (Å²) in [5.41, 5.74) is 2.21. The molecule has 0 aliphatic carbocycles. The average Bonchev–Trinajstić information content (AvgIpc) is 2.63. The van der Waals surface area contributed by atoms with Crippen molar-refractivity contribution in [2.24, 2.45) is 7.05 Å². The third-order valence-corrected chi connectivity index (χ3v) is 3.30. The van der Waals surface area contributed by atoms with Crippen LogP contribution in [0.3, 0.4) is 0 Å². The van der Waals surface area contributed by atoms with Crippen LogP contribution in [0.2, 0.25) is 0 Å². The van der Waals surface area contributed by atoms with Gasteiger partial charge in [0.05, 0.1) is 0 Å². The Morgan fingerprint density at radius 3 is 2.67 bits per heavy atom. The van der Waals surface area contributed by atoms with Gasteiger partial charge in [-0.25, -0.2) is 0 Å². The van der Waals surface area contributed by atoms with Gasteiger partial charge < -0.3 is 9.67 Å². The van der Waals surface area contributed by atoms with Crippen LogP contribution in [0.1, 0.15) is 5.56 Å². The van der Waals surface area contributed by atoms with E-state index >= 15 is 0 Å². The number of carbonyl (C=O) groups is 1. The summed E-state index contributed by atoms with van der Waals surface area (Å²) in [6.45, 7) is 0. The minimum Gasteiger partial charge on any atom is -0.480 e. The number of rotatable bonds is 4. The van der Waals surface area contributed by atoms with Crippen LogP contribution < -0.4 is 0 Å². The number of aromatic nitrogens is 1. The summed E-state index contributed by atoms with van der Waals surface area (Å²) in [5.74, 6) is -0.784. The number of hydrogen-bond acceptors (Lipinski definition) is 2. The summed E-state index contributed by atoms with van der Waals surface area (Å²) in [7, 11) is 5.57. The predicted molar refractivity (Wildman–Crippen MR) is 71.7 cm³/mol. The quantitative estimate of drug-likeness (QED) is 0.893. The Bertz CT molecular complexity index is 572. The zero-order valence-corrected chi connectivity index (χ0v) is 10.9. The maximum Gasteiger partial charge on any atom is 0.321 e. The molecule has 0 radical (unpaired) electrons. The second-order valence-corrected chi connectivity index (χ2v) is 4.80. The Balaban J connectivity index is 2.40. The Kier molecular flexibility index (Phi) is 3.39. The predicted octanol–water partition coefficient (Wildman–Crippen LogP) is 1.74. The highest BCUT2D eigenvalue weighted by atomic mass is 16.4. The number of benzene rings is 1. The van der Waals surface area contributed by atoms with Crippen molar-refractivity contribution >= 4 is 16.9 Å². The summed E-state index contributed by atoms with van der Waals surface area (Å²) >= 11 is 0. The fourth-order valence-corrected chi connectivity index (χ4v) is 2.29. The van der Waals surface area contributed by atoms with Crippen molar-refractivity contribution in [1.29, 1.82) is 0 Å². The molecule has 18 heavy (non-hydrogen) atoms. The SMILES string of the molecule is CN(C)[C@@H](Cc1cn(C)c2ccccc12)C(=O)O. The maximum atomic E-state index is 11.2. The smallest absolute Gasteiger partial charge is 0.321 e. The van der Waals surface area contributed by atoms with Gasteiger partial charge >= 0.3 is 5.97 Å². The zero-order valence-electron chi connectivity index (χ0n) is 10.9. The molecule has 4 nitrogen and oxygen atoms in total. The largest absolute Gasteiger partial charge is 0.480 e. The van der Waals surface area contributed by atoms with Crippen LogP contribution in [0, 0.1) is 0 Å². The summed E-state index contributed by atoms with van der Waals surface area (Å²) in [4.78, 5) is 13.0. The van der Waals surface area contributed by atoms with Crippen LogP contribution >= 0.6 is 0 Å². The molecule has 0 spiro atoms. The first-order chi connectivity index (χ1) is 8.50. The van der Waals surface area contributed by atoms with E-state index < -0.39 is 12.0 Å². The summed E-state index contributed by atoms with van der Waals surface area (Å²) < 4.78 is 2.04. The van der Waals surface area contributed by atoms with Gasteiger partial charge in [-0.05, 0) is 25.7 Å². The second-order valence-electron chi connectivity index (χ2n) is 4.80. The van der Waals surface area contributed by atoms with Gasteiger partial charge in [0.25, 0.3) is 0 Å². The monoisotopic (exact) mass is 246 g/mol. The fourth-order valence-electron chi connectivity index (χ4n) is 2.29. The van der Waals surface area contributed by atoms with Crippen molar-refractivity contribution in [2.45, 2.75) is 12.5 Å². The lowest BCUT2D eigenvalue weighted by Crippen LogP contribution is -2.37. The molecule has 0 unspecified atom stereocenters. The number of para-hydroxylation sites is 1. The van der Waals surface area contributed by atoms with E-state index in [1.165, 1.54) is 0 Å². The molecule has 0 amide bonds. The van der Waals surface area contributed by atoms with Crippen LogP contribution in [0.15, 0.2) is 30.5 Å². The molecule has 0 aliphatic rings. The third kappa shape index (κ3) is 2.24. The molecule has 0 saturated heterocycles. The molecule has 2 rings (SSSR count). The number of nitrogens with zero attached hydrogens (tertiary/aromatic N) is 2. The number of hydrogen-bond donors (Lipinski definition) is 1. The van der Waals surface area contributed by atoms with E-state index in [1.807, 2.05) is 42.1 Å². The lowest BCUT2D eigenvalue weighted by atomic mass is 10.0. The molecule has 0 fully saturated rings. The Morgan fingerprint density at radius 2 is 2.06 bits per heavy atom. The first-order valence-electron chi connectivity index (χ1n) is 5.93. The van der Waals surface area contributed by atoms with Gasteiger partial charge in [0.15, 0.2) is 0 Å². The van der Waals surface area contributed by atoms with Gasteiger partial charge in [-0.3, -0.25) is 9.69 Å². The van der Waals surface area contributed by atoms with Gasteiger partial charge in [0.2, 0.25) is 0 Å². The van der Waals surface area contributed by atoms with Crippen molar-refractivity contribution in [2.75, 3.05) is 14.1 Å². The number of likely N-dealkylation sites (N-methyl/N-ethyl adjacent to an activating group) is 1. The van der Waals surface area contributed by atoms with E-state index in [9.17, 15) is 9.90 Å². The summed E-state index contributed by atoms with van der Waals surface area (Å²) in [6.07, 6.45) is 2.54. The Hall–Kier alpha value is -1.81. The Morgan fingerprint density at radius 1 is 1.39 bits per heavy atom. The molecule has 1 N–H and O–H groups in total. The zero-order chi connectivity index (χ0) is 13.3. The van der Waals surface area contributed by atoms with Crippen LogP contribution in [-0.2, 0) is 18.3 Å². The van der Waals surface area contributed by atoms with Crippen LogP contribution in [0.25, 0.3) is 10.9 Å². The summed E-state index contributed by atoms with van der Waals surface area (Å²) in [6, 6.07) is 7.57. The number of carboxylic acid groups (broad SMARTS) is 1. The minimum atomic E-state index is -0.784. The topological polar surface area (TPSA) is 45.5 Å². The maximum absolute atomic E-state index is 11.2. The lowest BCUT2D eigenvalue weighted by molar-refractivity contribution is -0.142. The molecule has 0 bridgehead atoms. The molecule has 4 heteroatoms. The Labute approximate surface area is 106 Å². The normalized spacial score (nSPS) is 13.1. The number of fused-ring (bicyclic) bond motifs is 1. The van der Waals surface area contributed by atoms with E-state index in [0.717, 1.165) is 16.5 Å². The molecule has 1 heterocycles. The second kappa shape index (κ2) is 4.82. The first-order valence-corrected chi connectivity index (χ1v) is 5.93. The van der Waals surface area contributed by atoms with Gasteiger partial charge in [-0.1, -0.05) is 18.2 Å². The van der Waals surface area contributed by atoms with Crippen molar-refractivity contribution < 1.29 is 9.90 Å². The van der Waals surface area contributed by atoms with Crippen molar-refractivity contribution in [1.82, 2.24) is 9.47 Å². The van der Waals surface area contributed by atoms with Gasteiger partial charge in [0, 0.05) is 30.6 Å². The van der Waals surface area contributed by atoms with Gasteiger partial charge in [-0.2, -0.15) is 0 Å². The van der Waals surface area contributed by atoms with Crippen molar-refractivity contribution in [3.05, 3.63) is 36.0 Å². The lowest BCUT2D eigenvalue weighted by Gasteiger charge is -2.19. The molecule has 1 atom stereocenters. The molecule has 2 aromatic rings. The van der Waals surface area contributed by atoms with Crippen LogP contribution in [-0.4, -0.2) is 40.7 Å². The van der Waals surface area contributed by atoms with E-state index in [4.69, 9.17) is 0 Å². The highest BCUT2D eigenvalue weighted by Gasteiger charge is 2.21. The molecule has 0 aliphatic heterocycles. The number of aliphatic carboxylic acids is 1. The standard InChI is InChI=1S/C14H18N2O2/c1-15(2)13(14(17)18)8-10-9-16(3)12-7-5-4-6-11(10)12/h4-7,9,13H,8H2,1-3H3,(H,17,18)/t13-/m0/s1. The fraction of sp³-hybridized carbons (Fsp3) is 0.357. The van der Waals surface area contributed by atoms with Crippen molar-refractivity contribution in [3.63, 3.8) is 0 Å². The van der Waals surface area contributed by atoms with E-state index in [2.05, 4.69) is 0 Å². The molecule has 0 saturated carbocycles. The van der Waals surface area contributed by atoms with Gasteiger partial charge in [-0.15, -0.1) is 0 Å². The first kappa shape index (κ1) is 12.6. The highest BCUT2D eigenvalue weighted by Crippen LogP contribution is 2.22.